The minimum absolute atomic E-state index is 0.100. The van der Waals surface area contributed by atoms with Gasteiger partial charge in [-0.3, -0.25) is 9.48 Å². The van der Waals surface area contributed by atoms with Gasteiger partial charge in [0.05, 0.1) is 12.5 Å². The summed E-state index contributed by atoms with van der Waals surface area (Å²) in [6.07, 6.45) is -1.19. The summed E-state index contributed by atoms with van der Waals surface area (Å²) < 4.78 is 25.9. The molecule has 0 saturated heterocycles. The predicted octanol–water partition coefficient (Wildman–Crippen LogP) is 1.85. The van der Waals surface area contributed by atoms with E-state index >= 15 is 0 Å². The first-order valence-corrected chi connectivity index (χ1v) is 4.46. The van der Waals surface area contributed by atoms with Crippen LogP contribution in [0.15, 0.2) is 6.20 Å². The number of hydrogen-bond donors (Lipinski definition) is 1. The van der Waals surface area contributed by atoms with Crippen LogP contribution in [0, 0.1) is 12.8 Å². The second-order valence-electron chi connectivity index (χ2n) is 3.46. The normalized spacial score (nSPS) is 13.1. The lowest BCUT2D eigenvalue weighted by atomic mass is 10.2. The van der Waals surface area contributed by atoms with E-state index in [0.29, 0.717) is 5.56 Å². The molecule has 4 nitrogen and oxygen atoms in total. The fourth-order valence-electron chi connectivity index (χ4n) is 1.20. The average molecular weight is 218 g/mol. The molecule has 84 valence electrons. The summed E-state index contributed by atoms with van der Waals surface area (Å²) in [5, 5.41) is 12.3. The maximum Gasteiger partial charge on any atom is 0.308 e. The number of aliphatic carboxylic acids is 1. The number of hydrogen-bond acceptors (Lipinski definition) is 2. The molecule has 1 rings (SSSR count). The lowest BCUT2D eigenvalue weighted by molar-refractivity contribution is -0.141. The molecule has 1 N–H and O–H groups in total. The summed E-state index contributed by atoms with van der Waals surface area (Å²) in [4.78, 5) is 10.5. The molecule has 1 heterocycles. The van der Waals surface area contributed by atoms with Crippen LogP contribution in [0.4, 0.5) is 8.78 Å². The van der Waals surface area contributed by atoms with E-state index in [2.05, 4.69) is 5.10 Å². The van der Waals surface area contributed by atoms with Crippen molar-refractivity contribution in [3.05, 3.63) is 17.5 Å². The Kier molecular flexibility index (Phi) is 3.39. The Labute approximate surface area is 85.5 Å². The van der Waals surface area contributed by atoms with E-state index in [1.807, 2.05) is 0 Å². The Bertz CT molecular complexity index is 363. The van der Waals surface area contributed by atoms with Crippen molar-refractivity contribution >= 4 is 5.97 Å². The Balaban J connectivity index is 2.79. The zero-order chi connectivity index (χ0) is 11.6. The van der Waals surface area contributed by atoms with Crippen LogP contribution in [-0.2, 0) is 11.3 Å². The van der Waals surface area contributed by atoms with Gasteiger partial charge in [0.15, 0.2) is 0 Å². The van der Waals surface area contributed by atoms with Gasteiger partial charge in [0.1, 0.15) is 5.69 Å². The van der Waals surface area contributed by atoms with Crippen LogP contribution in [0.1, 0.15) is 24.6 Å². The fourth-order valence-corrected chi connectivity index (χ4v) is 1.20. The molecule has 1 unspecified atom stereocenters. The molecule has 0 fully saturated rings. The number of nitrogens with zero attached hydrogens (tertiary/aromatic N) is 2. The quantitative estimate of drug-likeness (QED) is 0.839. The topological polar surface area (TPSA) is 55.1 Å². The lowest BCUT2D eigenvalue weighted by Gasteiger charge is -2.05. The second-order valence-corrected chi connectivity index (χ2v) is 3.46. The molecule has 6 heteroatoms. The number of carbonyl (C=O) groups is 1. The smallest absolute Gasteiger partial charge is 0.308 e. The van der Waals surface area contributed by atoms with E-state index in [-0.39, 0.29) is 12.2 Å². The molecule has 0 radical (unpaired) electrons. The molecule has 1 aromatic rings. The largest absolute Gasteiger partial charge is 0.481 e. The Hall–Kier alpha value is -1.46. The highest BCUT2D eigenvalue weighted by molar-refractivity contribution is 5.69. The van der Waals surface area contributed by atoms with E-state index in [4.69, 9.17) is 5.11 Å². The molecule has 0 amide bonds. The van der Waals surface area contributed by atoms with Crippen LogP contribution in [0.2, 0.25) is 0 Å². The van der Waals surface area contributed by atoms with Crippen molar-refractivity contribution in [2.75, 3.05) is 0 Å². The van der Waals surface area contributed by atoms with Crippen molar-refractivity contribution in [3.8, 4) is 0 Å². The molecule has 0 aliphatic heterocycles. The lowest BCUT2D eigenvalue weighted by Crippen LogP contribution is -2.17. The standard InChI is InChI=1S/C9H12F2N2O2/c1-5-3-13(4-6(2)9(14)15)12-7(5)8(10)11/h3,6,8H,4H2,1-2H3,(H,14,15). The van der Waals surface area contributed by atoms with Crippen LogP contribution < -0.4 is 0 Å². The zero-order valence-corrected chi connectivity index (χ0v) is 8.44. The molecule has 0 spiro atoms. The number of aryl methyl sites for hydroxylation is 1. The van der Waals surface area contributed by atoms with Crippen LogP contribution in [0.3, 0.4) is 0 Å². The van der Waals surface area contributed by atoms with Gasteiger partial charge in [-0.05, 0) is 12.5 Å². The first-order valence-electron chi connectivity index (χ1n) is 4.46. The number of halogens is 2. The van der Waals surface area contributed by atoms with Crippen LogP contribution in [-0.4, -0.2) is 20.9 Å². The maximum absolute atomic E-state index is 12.3. The van der Waals surface area contributed by atoms with Gasteiger partial charge in [-0.25, -0.2) is 8.78 Å². The van der Waals surface area contributed by atoms with Crippen LogP contribution in [0.5, 0.6) is 0 Å². The van der Waals surface area contributed by atoms with E-state index in [1.165, 1.54) is 24.7 Å². The minimum atomic E-state index is -2.62. The summed E-state index contributed by atoms with van der Waals surface area (Å²) in [6, 6.07) is 0. The highest BCUT2D eigenvalue weighted by Gasteiger charge is 2.17. The summed E-state index contributed by atoms with van der Waals surface area (Å²) in [7, 11) is 0. The van der Waals surface area contributed by atoms with Crippen molar-refractivity contribution in [2.45, 2.75) is 26.8 Å². The molecular formula is C9H12F2N2O2. The van der Waals surface area contributed by atoms with Gasteiger partial charge in [-0.1, -0.05) is 6.92 Å². The van der Waals surface area contributed by atoms with Crippen molar-refractivity contribution in [1.82, 2.24) is 9.78 Å². The van der Waals surface area contributed by atoms with Gasteiger partial charge in [0.25, 0.3) is 6.43 Å². The number of alkyl halides is 2. The summed E-state index contributed by atoms with van der Waals surface area (Å²) >= 11 is 0. The molecule has 0 saturated carbocycles. The van der Waals surface area contributed by atoms with E-state index in [1.54, 1.807) is 0 Å². The SMILES string of the molecule is Cc1cn(CC(C)C(=O)O)nc1C(F)F. The van der Waals surface area contributed by atoms with Gasteiger partial charge in [-0.15, -0.1) is 0 Å². The number of rotatable bonds is 4. The predicted molar refractivity (Wildman–Crippen MR) is 48.7 cm³/mol. The van der Waals surface area contributed by atoms with Gasteiger partial charge < -0.3 is 5.11 Å². The summed E-state index contributed by atoms with van der Waals surface area (Å²) in [5.74, 6) is -1.61. The van der Waals surface area contributed by atoms with Crippen molar-refractivity contribution in [3.63, 3.8) is 0 Å². The van der Waals surface area contributed by atoms with Gasteiger partial charge in [0, 0.05) is 6.20 Å². The number of carboxylic acids is 1. The Morgan fingerprint density at radius 3 is 2.67 bits per heavy atom. The van der Waals surface area contributed by atoms with E-state index < -0.39 is 18.3 Å². The van der Waals surface area contributed by atoms with Crippen LogP contribution >= 0.6 is 0 Å². The molecule has 1 aromatic heterocycles. The van der Waals surface area contributed by atoms with Gasteiger partial charge >= 0.3 is 5.97 Å². The van der Waals surface area contributed by atoms with Crippen molar-refractivity contribution in [1.29, 1.82) is 0 Å². The fraction of sp³-hybridized carbons (Fsp3) is 0.556. The zero-order valence-electron chi connectivity index (χ0n) is 8.44. The molecule has 0 aliphatic carbocycles. The number of aromatic nitrogens is 2. The van der Waals surface area contributed by atoms with Crippen molar-refractivity contribution < 1.29 is 18.7 Å². The second kappa shape index (κ2) is 4.37. The molecule has 0 aromatic carbocycles. The summed E-state index contributed by atoms with van der Waals surface area (Å²) in [6.45, 7) is 3.13. The van der Waals surface area contributed by atoms with Crippen molar-refractivity contribution in [2.24, 2.45) is 5.92 Å². The highest BCUT2D eigenvalue weighted by atomic mass is 19.3. The Morgan fingerprint density at radius 1 is 1.67 bits per heavy atom. The van der Waals surface area contributed by atoms with E-state index in [0.717, 1.165) is 0 Å². The maximum atomic E-state index is 12.3. The number of carboxylic acid groups (broad SMARTS) is 1. The average Bonchev–Trinajstić information content (AvgIpc) is 2.46. The van der Waals surface area contributed by atoms with Crippen LogP contribution in [0.25, 0.3) is 0 Å². The molecule has 0 bridgehead atoms. The van der Waals surface area contributed by atoms with Gasteiger partial charge in [0.2, 0.25) is 0 Å². The molecule has 0 aliphatic rings. The highest BCUT2D eigenvalue weighted by Crippen LogP contribution is 2.20. The first kappa shape index (κ1) is 11.6. The third-order valence-electron chi connectivity index (χ3n) is 2.07. The third kappa shape index (κ3) is 2.74. The first-order chi connectivity index (χ1) is 6.91. The molecular weight excluding hydrogens is 206 g/mol. The monoisotopic (exact) mass is 218 g/mol. The molecule has 15 heavy (non-hydrogen) atoms. The van der Waals surface area contributed by atoms with Gasteiger partial charge in [-0.2, -0.15) is 5.10 Å². The minimum Gasteiger partial charge on any atom is -0.481 e. The summed E-state index contributed by atoms with van der Waals surface area (Å²) in [5.41, 5.74) is 0.0928. The third-order valence-corrected chi connectivity index (χ3v) is 2.07. The van der Waals surface area contributed by atoms with E-state index in [9.17, 15) is 13.6 Å². The Morgan fingerprint density at radius 2 is 2.27 bits per heavy atom. The molecule has 1 atom stereocenters.